The van der Waals surface area contributed by atoms with Crippen molar-refractivity contribution in [2.45, 2.75) is 43.4 Å². The van der Waals surface area contributed by atoms with Crippen molar-refractivity contribution in [2.24, 2.45) is 0 Å². The molecule has 1 aromatic heterocycles. The highest BCUT2D eigenvalue weighted by Crippen LogP contribution is 2.22. The van der Waals surface area contributed by atoms with Crippen LogP contribution in [0.2, 0.25) is 0 Å². The Morgan fingerprint density at radius 3 is 2.44 bits per heavy atom. The minimum atomic E-state index is -3.58. The van der Waals surface area contributed by atoms with E-state index in [-0.39, 0.29) is 10.6 Å². The van der Waals surface area contributed by atoms with E-state index in [2.05, 4.69) is 5.32 Å². The molecule has 3 heterocycles. The summed E-state index contributed by atoms with van der Waals surface area (Å²) in [5, 5.41) is 2.49. The highest BCUT2D eigenvalue weighted by atomic mass is 32.2. The number of benzene rings is 1. The Balaban J connectivity index is 1.49. The summed E-state index contributed by atoms with van der Waals surface area (Å²) in [7, 11) is -3.58. The standard InChI is InChI=1S/C20H23FN4O6S/c21-16-12-24(18-4-3-11-31-18)20(28)25(19(16)27)13-17(26)22-14-5-7-15(8-6-14)32(29,30)23-9-1-2-10-23/h5-8,12,18H,1-4,9-11,13H2,(H,22,26)/t18-/m1/s1. The van der Waals surface area contributed by atoms with Gasteiger partial charge in [0.15, 0.2) is 0 Å². The molecule has 32 heavy (non-hydrogen) atoms. The number of amides is 1. The first-order valence-electron chi connectivity index (χ1n) is 10.3. The van der Waals surface area contributed by atoms with E-state index in [4.69, 9.17) is 4.74 Å². The second-order valence-corrected chi connectivity index (χ2v) is 9.65. The summed E-state index contributed by atoms with van der Waals surface area (Å²) in [5.74, 6) is -1.90. The third-order valence-corrected chi connectivity index (χ3v) is 7.43. The van der Waals surface area contributed by atoms with Gasteiger partial charge in [-0.1, -0.05) is 0 Å². The van der Waals surface area contributed by atoms with Crippen LogP contribution in [0.1, 0.15) is 31.9 Å². The summed E-state index contributed by atoms with van der Waals surface area (Å²) in [6.45, 7) is 0.678. The molecule has 0 bridgehead atoms. The molecule has 0 saturated carbocycles. The maximum Gasteiger partial charge on any atom is 0.333 e. The summed E-state index contributed by atoms with van der Waals surface area (Å²) < 4.78 is 47.5. The molecule has 0 spiro atoms. The van der Waals surface area contributed by atoms with Gasteiger partial charge in [-0.15, -0.1) is 0 Å². The molecule has 1 amide bonds. The molecule has 10 nitrogen and oxygen atoms in total. The fraction of sp³-hybridized carbons (Fsp3) is 0.450. The maximum atomic E-state index is 14.1. The van der Waals surface area contributed by atoms with Crippen molar-refractivity contribution < 1.29 is 22.3 Å². The molecule has 12 heteroatoms. The molecule has 1 aromatic carbocycles. The average Bonchev–Trinajstić information content (AvgIpc) is 3.49. The number of ether oxygens (including phenoxy) is 1. The van der Waals surface area contributed by atoms with Crippen molar-refractivity contribution in [1.82, 2.24) is 13.4 Å². The molecule has 2 aliphatic rings. The van der Waals surface area contributed by atoms with Crippen molar-refractivity contribution in [1.29, 1.82) is 0 Å². The minimum Gasteiger partial charge on any atom is -0.358 e. The van der Waals surface area contributed by atoms with Crippen LogP contribution < -0.4 is 16.6 Å². The van der Waals surface area contributed by atoms with Gasteiger partial charge in [0.25, 0.3) is 5.56 Å². The summed E-state index contributed by atoms with van der Waals surface area (Å²) >= 11 is 0. The van der Waals surface area contributed by atoms with Gasteiger partial charge in [-0.25, -0.2) is 17.8 Å². The zero-order valence-corrected chi connectivity index (χ0v) is 18.0. The topological polar surface area (TPSA) is 120 Å². The van der Waals surface area contributed by atoms with E-state index in [9.17, 15) is 27.2 Å². The van der Waals surface area contributed by atoms with Crippen molar-refractivity contribution in [3.63, 3.8) is 0 Å². The van der Waals surface area contributed by atoms with E-state index in [1.807, 2.05) is 0 Å². The van der Waals surface area contributed by atoms with Gasteiger partial charge in [0.1, 0.15) is 12.8 Å². The molecule has 0 unspecified atom stereocenters. The molecule has 2 aromatic rings. The molecular formula is C20H23FN4O6S. The number of carbonyl (C=O) groups excluding carboxylic acids is 1. The third-order valence-electron chi connectivity index (χ3n) is 5.51. The first-order chi connectivity index (χ1) is 15.3. The zero-order valence-electron chi connectivity index (χ0n) is 17.2. The molecule has 0 radical (unpaired) electrons. The molecule has 1 atom stereocenters. The van der Waals surface area contributed by atoms with E-state index >= 15 is 0 Å². The van der Waals surface area contributed by atoms with E-state index in [0.717, 1.165) is 23.6 Å². The smallest absolute Gasteiger partial charge is 0.333 e. The molecule has 2 fully saturated rings. The normalized spacial score (nSPS) is 19.3. The van der Waals surface area contributed by atoms with Crippen LogP contribution in [0.4, 0.5) is 10.1 Å². The lowest BCUT2D eigenvalue weighted by molar-refractivity contribution is -0.116. The summed E-state index contributed by atoms with van der Waals surface area (Å²) in [5.41, 5.74) is -1.77. The van der Waals surface area contributed by atoms with Crippen molar-refractivity contribution in [3.05, 3.63) is 57.1 Å². The largest absolute Gasteiger partial charge is 0.358 e. The van der Waals surface area contributed by atoms with Gasteiger partial charge in [0.05, 0.1) is 11.1 Å². The zero-order chi connectivity index (χ0) is 22.9. The Kier molecular flexibility index (Phi) is 6.26. The summed E-state index contributed by atoms with van der Waals surface area (Å²) in [4.78, 5) is 37.3. The lowest BCUT2D eigenvalue weighted by Gasteiger charge is -2.16. The predicted molar refractivity (Wildman–Crippen MR) is 112 cm³/mol. The Morgan fingerprint density at radius 2 is 1.81 bits per heavy atom. The molecular weight excluding hydrogens is 443 g/mol. The number of hydrogen-bond donors (Lipinski definition) is 1. The Morgan fingerprint density at radius 1 is 1.12 bits per heavy atom. The van der Waals surface area contributed by atoms with E-state index in [0.29, 0.717) is 37.1 Å². The van der Waals surface area contributed by atoms with Crippen LogP contribution in [0, 0.1) is 5.82 Å². The maximum absolute atomic E-state index is 14.1. The number of rotatable bonds is 6. The van der Waals surface area contributed by atoms with Gasteiger partial charge in [0, 0.05) is 25.4 Å². The molecule has 0 aliphatic carbocycles. The number of aromatic nitrogens is 2. The first kappa shape index (κ1) is 22.4. The van der Waals surface area contributed by atoms with Gasteiger partial charge in [-0.05, 0) is 49.9 Å². The minimum absolute atomic E-state index is 0.109. The lowest BCUT2D eigenvalue weighted by Crippen LogP contribution is -2.44. The molecule has 2 aliphatic heterocycles. The fourth-order valence-electron chi connectivity index (χ4n) is 3.85. The quantitative estimate of drug-likeness (QED) is 0.675. The van der Waals surface area contributed by atoms with Crippen LogP contribution in [0.25, 0.3) is 0 Å². The first-order valence-corrected chi connectivity index (χ1v) is 11.7. The van der Waals surface area contributed by atoms with E-state index in [1.54, 1.807) is 0 Å². The van der Waals surface area contributed by atoms with Crippen molar-refractivity contribution >= 4 is 21.6 Å². The number of carbonyl (C=O) groups is 1. The molecule has 4 rings (SSSR count). The number of halogens is 1. The highest BCUT2D eigenvalue weighted by molar-refractivity contribution is 7.89. The van der Waals surface area contributed by atoms with Crippen LogP contribution in [-0.4, -0.2) is 47.5 Å². The van der Waals surface area contributed by atoms with Gasteiger partial charge in [-0.2, -0.15) is 8.70 Å². The van der Waals surface area contributed by atoms with Gasteiger partial charge in [0.2, 0.25) is 21.7 Å². The van der Waals surface area contributed by atoms with Crippen LogP contribution in [0.15, 0.2) is 44.9 Å². The Bertz CT molecular complexity index is 1230. The number of hydrogen-bond acceptors (Lipinski definition) is 6. The Hall–Kier alpha value is -2.83. The van der Waals surface area contributed by atoms with E-state index in [1.165, 1.54) is 28.6 Å². The number of nitrogens with zero attached hydrogens (tertiary/aromatic N) is 3. The van der Waals surface area contributed by atoms with Gasteiger partial charge in [-0.3, -0.25) is 14.2 Å². The van der Waals surface area contributed by atoms with E-state index < -0.39 is 45.8 Å². The molecule has 172 valence electrons. The second kappa shape index (κ2) is 8.96. The molecule has 2 saturated heterocycles. The van der Waals surface area contributed by atoms with Gasteiger partial charge < -0.3 is 10.1 Å². The van der Waals surface area contributed by atoms with Crippen LogP contribution in [0.5, 0.6) is 0 Å². The second-order valence-electron chi connectivity index (χ2n) is 7.71. The van der Waals surface area contributed by atoms with Crippen molar-refractivity contribution in [2.75, 3.05) is 25.0 Å². The number of sulfonamides is 1. The van der Waals surface area contributed by atoms with Crippen molar-refractivity contribution in [3.8, 4) is 0 Å². The van der Waals surface area contributed by atoms with Gasteiger partial charge >= 0.3 is 5.69 Å². The monoisotopic (exact) mass is 466 g/mol. The number of nitrogens with one attached hydrogen (secondary N) is 1. The Labute approximate surface area is 183 Å². The molecule has 1 N–H and O–H groups in total. The third kappa shape index (κ3) is 4.38. The van der Waals surface area contributed by atoms with Crippen LogP contribution in [0.3, 0.4) is 0 Å². The summed E-state index contributed by atoms with van der Waals surface area (Å²) in [6, 6.07) is 5.59. The average molecular weight is 466 g/mol. The number of anilines is 1. The SMILES string of the molecule is O=C(Cn1c(=O)c(F)cn([C@H]2CCCO2)c1=O)Nc1ccc(S(=O)(=O)N2CCCC2)cc1. The fourth-order valence-corrected chi connectivity index (χ4v) is 5.36. The highest BCUT2D eigenvalue weighted by Gasteiger charge is 2.27. The summed E-state index contributed by atoms with van der Waals surface area (Å²) in [6.07, 6.45) is 2.95. The van der Waals surface area contributed by atoms with Crippen LogP contribution in [-0.2, 0) is 26.1 Å². The predicted octanol–water partition coefficient (Wildman–Crippen LogP) is 0.881. The van der Waals surface area contributed by atoms with Crippen LogP contribution >= 0.6 is 0 Å². The lowest BCUT2D eigenvalue weighted by atomic mass is 10.3.